The van der Waals surface area contributed by atoms with Gasteiger partial charge in [0.05, 0.1) is 0 Å². The van der Waals surface area contributed by atoms with Crippen molar-refractivity contribution in [1.82, 2.24) is 25.3 Å². The molecule has 3 heterocycles. The molecule has 0 aliphatic carbocycles. The Morgan fingerprint density at radius 2 is 1.72 bits per heavy atom. The topological polar surface area (TPSA) is 129 Å². The van der Waals surface area contributed by atoms with Gasteiger partial charge in [-0.25, -0.2) is 9.78 Å². The second-order valence-corrected chi connectivity index (χ2v) is 8.38. The van der Waals surface area contributed by atoms with Gasteiger partial charge >= 0.3 is 24.3 Å². The molecular formula is C22H18F4N6O4. The quantitative estimate of drug-likeness (QED) is 0.332. The normalized spacial score (nSPS) is 12.1. The van der Waals surface area contributed by atoms with Gasteiger partial charge in [0.25, 0.3) is 5.89 Å². The van der Waals surface area contributed by atoms with Gasteiger partial charge in [0, 0.05) is 22.9 Å². The SMILES string of the molecule is CC(C)(C)OC(=O)Nc1ccc(-c2noc(C(F)(F)c3ccc(-c4nnc(C(F)F)o4)cc3)n2)cn1. The Labute approximate surface area is 200 Å². The zero-order chi connectivity index (χ0) is 26.1. The molecule has 1 amide bonds. The standard InChI is InChI=1S/C22H18F4N6O4/c1-21(2,3)35-20(33)28-14-9-6-12(10-27-14)16-29-19(36-32-16)22(25,26)13-7-4-11(5-8-13)17-30-31-18(34-17)15(23)24/h4-10,15H,1-3H3,(H,27,28,33). The molecule has 0 atom stereocenters. The van der Waals surface area contributed by atoms with Crippen molar-refractivity contribution in [2.24, 2.45) is 0 Å². The lowest BCUT2D eigenvalue weighted by Crippen LogP contribution is -2.27. The summed E-state index contributed by atoms with van der Waals surface area (Å²) in [5.41, 5.74) is -0.755. The van der Waals surface area contributed by atoms with Crippen molar-refractivity contribution in [3.05, 3.63) is 59.9 Å². The van der Waals surface area contributed by atoms with E-state index in [0.717, 1.165) is 12.1 Å². The summed E-state index contributed by atoms with van der Waals surface area (Å²) in [7, 11) is 0. The van der Waals surface area contributed by atoms with Gasteiger partial charge in [-0.2, -0.15) is 22.5 Å². The molecule has 0 aliphatic heterocycles. The maximum absolute atomic E-state index is 15.0. The summed E-state index contributed by atoms with van der Waals surface area (Å²) in [5, 5.41) is 12.7. The number of aromatic nitrogens is 5. The molecule has 3 aromatic heterocycles. The van der Waals surface area contributed by atoms with E-state index in [1.54, 1.807) is 20.8 Å². The number of nitrogens with zero attached hydrogens (tertiary/aromatic N) is 5. The first kappa shape index (κ1) is 24.8. The smallest absolute Gasteiger partial charge is 0.413 e. The predicted molar refractivity (Wildman–Crippen MR) is 115 cm³/mol. The number of hydrogen-bond acceptors (Lipinski definition) is 9. The van der Waals surface area contributed by atoms with Crippen molar-refractivity contribution >= 4 is 11.9 Å². The zero-order valence-electron chi connectivity index (χ0n) is 19.0. The van der Waals surface area contributed by atoms with Crippen LogP contribution in [0.15, 0.2) is 51.5 Å². The summed E-state index contributed by atoms with van der Waals surface area (Å²) in [6.45, 7) is 5.13. The van der Waals surface area contributed by atoms with Crippen LogP contribution in [-0.4, -0.2) is 37.0 Å². The van der Waals surface area contributed by atoms with Crippen LogP contribution in [0, 0.1) is 0 Å². The van der Waals surface area contributed by atoms with Crippen LogP contribution in [0.4, 0.5) is 28.2 Å². The van der Waals surface area contributed by atoms with Gasteiger partial charge in [-0.1, -0.05) is 17.3 Å². The third kappa shape index (κ3) is 5.47. The fraction of sp³-hybridized carbons (Fsp3) is 0.273. The molecule has 0 fully saturated rings. The lowest BCUT2D eigenvalue weighted by molar-refractivity contribution is 0.00762. The first-order valence-electron chi connectivity index (χ1n) is 10.3. The number of hydrogen-bond donors (Lipinski definition) is 1. The molecule has 188 valence electrons. The summed E-state index contributed by atoms with van der Waals surface area (Å²) >= 11 is 0. The Kier molecular flexibility index (Phi) is 6.43. The number of halogens is 4. The molecule has 0 unspecified atom stereocenters. The highest BCUT2D eigenvalue weighted by Gasteiger charge is 2.41. The van der Waals surface area contributed by atoms with Crippen LogP contribution in [0.2, 0.25) is 0 Å². The van der Waals surface area contributed by atoms with Crippen molar-refractivity contribution in [3.63, 3.8) is 0 Å². The minimum absolute atomic E-state index is 0.150. The van der Waals surface area contributed by atoms with Crippen molar-refractivity contribution in [3.8, 4) is 22.8 Å². The lowest BCUT2D eigenvalue weighted by Gasteiger charge is -2.19. The first-order valence-corrected chi connectivity index (χ1v) is 10.3. The van der Waals surface area contributed by atoms with E-state index in [-0.39, 0.29) is 28.7 Å². The molecule has 0 saturated heterocycles. The zero-order valence-corrected chi connectivity index (χ0v) is 19.0. The van der Waals surface area contributed by atoms with Crippen LogP contribution in [-0.2, 0) is 10.7 Å². The van der Waals surface area contributed by atoms with Gasteiger partial charge in [0.2, 0.25) is 11.7 Å². The van der Waals surface area contributed by atoms with E-state index >= 15 is 0 Å². The number of ether oxygens (including phenoxy) is 1. The lowest BCUT2D eigenvalue weighted by atomic mass is 10.1. The first-order chi connectivity index (χ1) is 16.9. The number of alkyl halides is 4. The fourth-order valence-electron chi connectivity index (χ4n) is 2.86. The van der Waals surface area contributed by atoms with Crippen molar-refractivity contribution in [2.75, 3.05) is 5.32 Å². The number of rotatable bonds is 6. The number of nitrogens with one attached hydrogen (secondary N) is 1. The summed E-state index contributed by atoms with van der Waals surface area (Å²) in [6, 6.07) is 7.39. The summed E-state index contributed by atoms with van der Waals surface area (Å²) in [5.74, 6) is -5.73. The minimum Gasteiger partial charge on any atom is -0.444 e. The Balaban J connectivity index is 1.47. The number of pyridine rings is 1. The van der Waals surface area contributed by atoms with Crippen LogP contribution in [0.3, 0.4) is 0 Å². The van der Waals surface area contributed by atoms with E-state index in [0.29, 0.717) is 0 Å². The molecular weight excluding hydrogens is 488 g/mol. The minimum atomic E-state index is -3.67. The number of carbonyl (C=O) groups is 1. The van der Waals surface area contributed by atoms with Gasteiger partial charge in [0.1, 0.15) is 11.4 Å². The largest absolute Gasteiger partial charge is 0.444 e. The fourth-order valence-corrected chi connectivity index (χ4v) is 2.86. The summed E-state index contributed by atoms with van der Waals surface area (Å²) < 4.78 is 69.9. The molecule has 0 aliphatic rings. The van der Waals surface area contributed by atoms with Crippen molar-refractivity contribution in [2.45, 2.75) is 38.7 Å². The van der Waals surface area contributed by atoms with E-state index in [4.69, 9.17) is 13.7 Å². The van der Waals surface area contributed by atoms with Gasteiger partial charge in [-0.15, -0.1) is 10.2 Å². The van der Waals surface area contributed by atoms with Crippen LogP contribution < -0.4 is 5.32 Å². The van der Waals surface area contributed by atoms with E-state index in [9.17, 15) is 22.4 Å². The van der Waals surface area contributed by atoms with Crippen LogP contribution in [0.5, 0.6) is 0 Å². The number of benzene rings is 1. The van der Waals surface area contributed by atoms with Gasteiger partial charge < -0.3 is 13.7 Å². The molecule has 1 aromatic carbocycles. The summed E-state index contributed by atoms with van der Waals surface area (Å²) in [6.07, 6.45) is -2.38. The van der Waals surface area contributed by atoms with E-state index in [1.165, 1.54) is 30.5 Å². The molecule has 0 radical (unpaired) electrons. The molecule has 0 saturated carbocycles. The summed E-state index contributed by atoms with van der Waals surface area (Å²) in [4.78, 5) is 19.6. The highest BCUT2D eigenvalue weighted by molar-refractivity contribution is 5.83. The van der Waals surface area contributed by atoms with E-state index < -0.39 is 41.4 Å². The van der Waals surface area contributed by atoms with Gasteiger partial charge in [-0.05, 0) is 45.0 Å². The highest BCUT2D eigenvalue weighted by atomic mass is 19.3. The molecule has 0 spiro atoms. The Bertz CT molecular complexity index is 1350. The molecule has 0 bridgehead atoms. The van der Waals surface area contributed by atoms with Crippen molar-refractivity contribution < 1.29 is 36.0 Å². The van der Waals surface area contributed by atoms with Crippen LogP contribution in [0.25, 0.3) is 22.8 Å². The average molecular weight is 506 g/mol. The number of carbonyl (C=O) groups excluding carboxylic acids is 1. The average Bonchev–Trinajstić information content (AvgIpc) is 3.49. The molecule has 14 heteroatoms. The van der Waals surface area contributed by atoms with Crippen molar-refractivity contribution in [1.29, 1.82) is 0 Å². The van der Waals surface area contributed by atoms with E-state index in [1.807, 2.05) is 0 Å². The monoisotopic (exact) mass is 506 g/mol. The molecule has 36 heavy (non-hydrogen) atoms. The molecule has 10 nitrogen and oxygen atoms in total. The molecule has 4 rings (SSSR count). The number of amides is 1. The molecule has 4 aromatic rings. The van der Waals surface area contributed by atoms with E-state index in [2.05, 4.69) is 30.6 Å². The van der Waals surface area contributed by atoms with Crippen LogP contribution >= 0.6 is 0 Å². The second kappa shape index (κ2) is 9.36. The maximum Gasteiger partial charge on any atom is 0.413 e. The second-order valence-electron chi connectivity index (χ2n) is 8.38. The Morgan fingerprint density at radius 1 is 1.03 bits per heavy atom. The highest BCUT2D eigenvalue weighted by Crippen LogP contribution is 2.36. The van der Waals surface area contributed by atoms with Gasteiger partial charge in [-0.3, -0.25) is 5.32 Å². The predicted octanol–water partition coefficient (Wildman–Crippen LogP) is 5.61. The Morgan fingerprint density at radius 3 is 2.31 bits per heavy atom. The van der Waals surface area contributed by atoms with Crippen LogP contribution in [0.1, 0.15) is 44.5 Å². The third-order valence-corrected chi connectivity index (χ3v) is 4.47. The molecule has 1 N–H and O–H groups in total. The Hall–Kier alpha value is -4.36. The van der Waals surface area contributed by atoms with Gasteiger partial charge in [0.15, 0.2) is 0 Å². The number of anilines is 1. The maximum atomic E-state index is 15.0. The third-order valence-electron chi connectivity index (χ3n) is 4.47.